The van der Waals surface area contributed by atoms with Crippen LogP contribution in [0, 0.1) is 0 Å². The molecule has 1 saturated heterocycles. The van der Waals surface area contributed by atoms with Gasteiger partial charge in [0.05, 0.1) is 25.8 Å². The van der Waals surface area contributed by atoms with Gasteiger partial charge in [0.15, 0.2) is 0 Å². The van der Waals surface area contributed by atoms with E-state index < -0.39 is 11.9 Å². The fourth-order valence-electron chi connectivity index (χ4n) is 3.92. The number of hydrogen-bond acceptors (Lipinski definition) is 5. The van der Waals surface area contributed by atoms with Crippen LogP contribution in [0.1, 0.15) is 31.4 Å². The molecule has 1 unspecified atom stereocenters. The molecule has 206 valence electrons. The molecule has 1 heterocycles. The molecular weight excluding hydrogens is 496 g/mol. The van der Waals surface area contributed by atoms with E-state index in [9.17, 15) is 19.2 Å². The summed E-state index contributed by atoms with van der Waals surface area (Å²) in [5.41, 5.74) is 2.08. The van der Waals surface area contributed by atoms with Gasteiger partial charge < -0.3 is 26.0 Å². The molecule has 3 aromatic carbocycles. The van der Waals surface area contributed by atoms with Gasteiger partial charge in [-0.1, -0.05) is 72.8 Å². The summed E-state index contributed by atoms with van der Waals surface area (Å²) in [6.45, 7) is 4.70. The van der Waals surface area contributed by atoms with E-state index in [0.717, 1.165) is 21.9 Å². The Hall–Kier alpha value is -4.24. The van der Waals surface area contributed by atoms with E-state index in [1.807, 2.05) is 72.8 Å². The van der Waals surface area contributed by atoms with Crippen molar-refractivity contribution in [2.75, 3.05) is 19.8 Å². The first-order valence-electron chi connectivity index (χ1n) is 13.0. The van der Waals surface area contributed by atoms with Crippen molar-refractivity contribution in [2.24, 2.45) is 0 Å². The van der Waals surface area contributed by atoms with Gasteiger partial charge in [0.2, 0.25) is 23.6 Å². The third-order valence-corrected chi connectivity index (χ3v) is 6.08. The topological polar surface area (TPSA) is 126 Å². The molecule has 9 nitrogen and oxygen atoms in total. The molecule has 0 saturated carbocycles. The number of hydrogen-bond donors (Lipinski definition) is 4. The van der Waals surface area contributed by atoms with Crippen molar-refractivity contribution in [3.05, 3.63) is 83.9 Å². The Morgan fingerprint density at radius 1 is 0.872 bits per heavy atom. The second kappa shape index (κ2) is 15.2. The van der Waals surface area contributed by atoms with Crippen LogP contribution in [0.4, 0.5) is 0 Å². The zero-order valence-electron chi connectivity index (χ0n) is 22.4. The molecule has 4 N–H and O–H groups in total. The lowest BCUT2D eigenvalue weighted by atomic mass is 10.0. The maximum Gasteiger partial charge on any atom is 0.242 e. The number of ether oxygens (including phenoxy) is 1. The van der Waals surface area contributed by atoms with Gasteiger partial charge in [0, 0.05) is 19.9 Å². The highest BCUT2D eigenvalue weighted by molar-refractivity contribution is 5.90. The Morgan fingerprint density at radius 3 is 2.23 bits per heavy atom. The number of aryl methyl sites for hydroxylation is 1. The van der Waals surface area contributed by atoms with Gasteiger partial charge in [-0.3, -0.25) is 19.2 Å². The number of carbonyl (C=O) groups excluding carboxylic acids is 4. The predicted molar refractivity (Wildman–Crippen MR) is 150 cm³/mol. The van der Waals surface area contributed by atoms with E-state index in [4.69, 9.17) is 4.74 Å². The zero-order chi connectivity index (χ0) is 28.0. The predicted octanol–water partition coefficient (Wildman–Crippen LogP) is 2.23. The molecule has 0 aromatic heterocycles. The van der Waals surface area contributed by atoms with Gasteiger partial charge in [-0.05, 0) is 35.2 Å². The molecule has 0 aliphatic carbocycles. The monoisotopic (exact) mass is 532 g/mol. The van der Waals surface area contributed by atoms with E-state index in [-0.39, 0.29) is 30.3 Å². The van der Waals surface area contributed by atoms with Crippen LogP contribution in [0.5, 0.6) is 0 Å². The molecule has 1 aliphatic rings. The molecule has 1 aliphatic heterocycles. The Kier molecular flexibility index (Phi) is 11.5. The average Bonchev–Trinajstić information content (AvgIpc) is 2.92. The molecule has 0 spiro atoms. The fourth-order valence-corrected chi connectivity index (χ4v) is 3.92. The van der Waals surface area contributed by atoms with Crippen LogP contribution in [-0.4, -0.2) is 55.5 Å². The highest BCUT2D eigenvalue weighted by atomic mass is 16.5. The van der Waals surface area contributed by atoms with Crippen LogP contribution >= 0.6 is 0 Å². The standard InChI is InChI=1S/C25H27N3O3.C5H9NO2/c1-18(25(31)27-16-21-12-7-11-20-10-5-6-13-22(20)21)28-24(30)17-26-23(29)15-14-19-8-3-2-4-9-19;1-4(7)6-5-2-8-3-5/h2-13,18H,14-17H2,1H3,(H,26,29)(H,27,31)(H,28,30);5H,2-3H2,1H3,(H,6,7). The van der Waals surface area contributed by atoms with Crippen LogP contribution in [0.25, 0.3) is 10.8 Å². The van der Waals surface area contributed by atoms with E-state index in [2.05, 4.69) is 21.3 Å². The lowest BCUT2D eigenvalue weighted by Crippen LogP contribution is -2.47. The minimum Gasteiger partial charge on any atom is -0.377 e. The highest BCUT2D eigenvalue weighted by Gasteiger charge is 2.18. The third kappa shape index (κ3) is 10.2. The second-order valence-corrected chi connectivity index (χ2v) is 9.34. The summed E-state index contributed by atoms with van der Waals surface area (Å²) in [7, 11) is 0. The number of rotatable bonds is 10. The number of amides is 4. The Balaban J connectivity index is 0.000000449. The average molecular weight is 533 g/mol. The van der Waals surface area contributed by atoms with Crippen LogP contribution < -0.4 is 21.3 Å². The number of carbonyl (C=O) groups is 4. The molecular formula is C30H36N4O5. The maximum atomic E-state index is 12.4. The van der Waals surface area contributed by atoms with Crippen molar-refractivity contribution in [2.45, 2.75) is 45.3 Å². The van der Waals surface area contributed by atoms with E-state index in [1.54, 1.807) is 6.92 Å². The van der Waals surface area contributed by atoms with Crippen molar-refractivity contribution >= 4 is 34.4 Å². The van der Waals surface area contributed by atoms with Gasteiger partial charge in [0.1, 0.15) is 6.04 Å². The summed E-state index contributed by atoms with van der Waals surface area (Å²) in [6, 6.07) is 23.2. The van der Waals surface area contributed by atoms with Crippen molar-refractivity contribution < 1.29 is 23.9 Å². The lowest BCUT2D eigenvalue weighted by molar-refractivity contribution is -0.129. The largest absolute Gasteiger partial charge is 0.377 e. The maximum absolute atomic E-state index is 12.4. The van der Waals surface area contributed by atoms with Gasteiger partial charge in [-0.2, -0.15) is 0 Å². The highest BCUT2D eigenvalue weighted by Crippen LogP contribution is 2.18. The van der Waals surface area contributed by atoms with Crippen LogP contribution in [0.2, 0.25) is 0 Å². The number of fused-ring (bicyclic) bond motifs is 1. The van der Waals surface area contributed by atoms with Gasteiger partial charge >= 0.3 is 0 Å². The van der Waals surface area contributed by atoms with Crippen molar-refractivity contribution in [1.29, 1.82) is 0 Å². The number of benzene rings is 3. The Labute approximate surface area is 228 Å². The molecule has 1 fully saturated rings. The summed E-state index contributed by atoms with van der Waals surface area (Å²) in [6.07, 6.45) is 0.916. The van der Waals surface area contributed by atoms with E-state index >= 15 is 0 Å². The van der Waals surface area contributed by atoms with Crippen LogP contribution in [0.15, 0.2) is 72.8 Å². The lowest BCUT2D eigenvalue weighted by Gasteiger charge is -2.25. The molecule has 4 rings (SSSR count). The normalized spacial score (nSPS) is 13.2. The van der Waals surface area contributed by atoms with Crippen LogP contribution in [0.3, 0.4) is 0 Å². The minimum atomic E-state index is -0.705. The van der Waals surface area contributed by atoms with Gasteiger partial charge in [-0.15, -0.1) is 0 Å². The zero-order valence-corrected chi connectivity index (χ0v) is 22.4. The van der Waals surface area contributed by atoms with Crippen molar-refractivity contribution in [1.82, 2.24) is 21.3 Å². The Morgan fingerprint density at radius 2 is 1.56 bits per heavy atom. The summed E-state index contributed by atoms with van der Waals surface area (Å²) in [5, 5.41) is 13.0. The van der Waals surface area contributed by atoms with E-state index in [0.29, 0.717) is 32.6 Å². The first-order chi connectivity index (χ1) is 18.8. The quantitative estimate of drug-likeness (QED) is 0.319. The smallest absolute Gasteiger partial charge is 0.242 e. The molecule has 3 aromatic rings. The van der Waals surface area contributed by atoms with Gasteiger partial charge in [-0.25, -0.2) is 0 Å². The number of nitrogens with one attached hydrogen (secondary N) is 4. The molecule has 1 atom stereocenters. The first-order valence-corrected chi connectivity index (χ1v) is 13.0. The second-order valence-electron chi connectivity index (χ2n) is 9.34. The van der Waals surface area contributed by atoms with Crippen molar-refractivity contribution in [3.8, 4) is 0 Å². The summed E-state index contributed by atoms with van der Waals surface area (Å²) < 4.78 is 4.82. The summed E-state index contributed by atoms with van der Waals surface area (Å²) in [4.78, 5) is 46.7. The van der Waals surface area contributed by atoms with Crippen LogP contribution in [-0.2, 0) is 36.9 Å². The van der Waals surface area contributed by atoms with E-state index in [1.165, 1.54) is 6.92 Å². The minimum absolute atomic E-state index is 0.0262. The molecule has 0 radical (unpaired) electrons. The summed E-state index contributed by atoms with van der Waals surface area (Å²) in [5.74, 6) is -0.858. The SMILES string of the molecule is CC(=O)NC1COC1.CC(NC(=O)CNC(=O)CCc1ccccc1)C(=O)NCc1cccc2ccccc12. The Bertz CT molecular complexity index is 1260. The molecule has 39 heavy (non-hydrogen) atoms. The fraction of sp³-hybridized carbons (Fsp3) is 0.333. The molecule has 4 amide bonds. The molecule has 0 bridgehead atoms. The third-order valence-electron chi connectivity index (χ3n) is 6.08. The van der Waals surface area contributed by atoms with Gasteiger partial charge in [0.25, 0.3) is 0 Å². The summed E-state index contributed by atoms with van der Waals surface area (Å²) >= 11 is 0. The molecule has 9 heteroatoms. The van der Waals surface area contributed by atoms with Crippen molar-refractivity contribution in [3.63, 3.8) is 0 Å². The first kappa shape index (κ1) is 29.3.